The summed E-state index contributed by atoms with van der Waals surface area (Å²) in [5.74, 6) is 0.988. The van der Waals surface area contributed by atoms with E-state index < -0.39 is 0 Å². The van der Waals surface area contributed by atoms with Crippen LogP contribution in [0.2, 0.25) is 0 Å². The van der Waals surface area contributed by atoms with Crippen molar-refractivity contribution in [1.82, 2.24) is 9.55 Å². The summed E-state index contributed by atoms with van der Waals surface area (Å²) in [6, 6.07) is 14.7. The number of hydrogen-bond acceptors (Lipinski definition) is 2. The van der Waals surface area contributed by atoms with Gasteiger partial charge in [0, 0.05) is 6.54 Å². The molecule has 1 heterocycles. The van der Waals surface area contributed by atoms with Gasteiger partial charge in [0.2, 0.25) is 0 Å². The van der Waals surface area contributed by atoms with Crippen molar-refractivity contribution in [2.24, 2.45) is 5.73 Å². The molecule has 118 valence electrons. The Balaban J connectivity index is 2.05. The molecule has 2 aromatic carbocycles. The molecule has 0 aliphatic heterocycles. The predicted molar refractivity (Wildman–Crippen MR) is 98.2 cm³/mol. The lowest BCUT2D eigenvalue weighted by atomic mass is 10.1. The van der Waals surface area contributed by atoms with E-state index >= 15 is 0 Å². The number of aryl methyl sites for hydroxylation is 3. The van der Waals surface area contributed by atoms with Crippen LogP contribution in [0.1, 0.15) is 28.9 Å². The molecule has 2 N–H and O–H groups in total. The molecule has 3 rings (SSSR count). The van der Waals surface area contributed by atoms with E-state index in [0.29, 0.717) is 6.54 Å². The van der Waals surface area contributed by atoms with Gasteiger partial charge in [0.05, 0.1) is 11.0 Å². The fourth-order valence-electron chi connectivity index (χ4n) is 2.75. The topological polar surface area (TPSA) is 43.8 Å². The van der Waals surface area contributed by atoms with Crippen molar-refractivity contribution < 1.29 is 0 Å². The van der Waals surface area contributed by atoms with Crippen LogP contribution in [0.5, 0.6) is 0 Å². The maximum Gasteiger partial charge on any atom is 0.133 e. The summed E-state index contributed by atoms with van der Waals surface area (Å²) in [4.78, 5) is 4.82. The molecule has 0 unspecified atom stereocenters. The van der Waals surface area contributed by atoms with Gasteiger partial charge in [0.1, 0.15) is 5.82 Å². The van der Waals surface area contributed by atoms with Gasteiger partial charge >= 0.3 is 0 Å². The molecule has 3 nitrogen and oxygen atoms in total. The lowest BCUT2D eigenvalue weighted by molar-refractivity contribution is 0.661. The molecule has 0 fully saturated rings. The number of imidazole rings is 1. The Bertz CT molecular complexity index is 829. The predicted octanol–water partition coefficient (Wildman–Crippen LogP) is 4.17. The summed E-state index contributed by atoms with van der Waals surface area (Å²) in [7, 11) is 0. The van der Waals surface area contributed by atoms with Crippen molar-refractivity contribution >= 4 is 23.2 Å². The van der Waals surface area contributed by atoms with Gasteiger partial charge in [-0.05, 0) is 61.7 Å². The Hall–Kier alpha value is -2.39. The van der Waals surface area contributed by atoms with Gasteiger partial charge in [-0.1, -0.05) is 36.4 Å². The van der Waals surface area contributed by atoms with E-state index in [4.69, 9.17) is 10.7 Å². The minimum atomic E-state index is 0.687. The third-order valence-electron chi connectivity index (χ3n) is 4.20. The van der Waals surface area contributed by atoms with Crippen LogP contribution in [0.4, 0.5) is 0 Å². The molecule has 0 radical (unpaired) electrons. The highest BCUT2D eigenvalue weighted by Crippen LogP contribution is 2.22. The second-order valence-electron chi connectivity index (χ2n) is 5.93. The van der Waals surface area contributed by atoms with E-state index in [9.17, 15) is 0 Å². The summed E-state index contributed by atoms with van der Waals surface area (Å²) < 4.78 is 2.27. The third-order valence-corrected chi connectivity index (χ3v) is 4.20. The van der Waals surface area contributed by atoms with Crippen LogP contribution < -0.4 is 5.73 Å². The molecule has 0 saturated heterocycles. The fourth-order valence-corrected chi connectivity index (χ4v) is 2.75. The highest BCUT2D eigenvalue weighted by atomic mass is 15.1. The summed E-state index contributed by atoms with van der Waals surface area (Å²) in [6.07, 6.45) is 5.15. The van der Waals surface area contributed by atoms with E-state index in [-0.39, 0.29) is 0 Å². The first-order chi connectivity index (χ1) is 11.2. The molecule has 0 aliphatic rings. The number of aromatic nitrogens is 2. The van der Waals surface area contributed by atoms with Crippen LogP contribution in [-0.4, -0.2) is 16.1 Å². The summed E-state index contributed by atoms with van der Waals surface area (Å²) in [5, 5.41) is 0. The van der Waals surface area contributed by atoms with Crippen LogP contribution in [0.25, 0.3) is 23.2 Å². The monoisotopic (exact) mass is 305 g/mol. The van der Waals surface area contributed by atoms with E-state index in [2.05, 4.69) is 54.8 Å². The van der Waals surface area contributed by atoms with Crippen molar-refractivity contribution in [1.29, 1.82) is 0 Å². The Morgan fingerprint density at radius 2 is 1.78 bits per heavy atom. The number of hydrogen-bond donors (Lipinski definition) is 1. The SMILES string of the molecule is Cc1cc2nc(/C=C/c3ccccc3)n(CCCN)c2cc1C. The first-order valence-electron chi connectivity index (χ1n) is 8.09. The summed E-state index contributed by atoms with van der Waals surface area (Å²) >= 11 is 0. The molecule has 0 aliphatic carbocycles. The molecule has 3 heteroatoms. The average molecular weight is 305 g/mol. The van der Waals surface area contributed by atoms with E-state index in [0.717, 1.165) is 24.3 Å². The average Bonchev–Trinajstić information content (AvgIpc) is 2.89. The van der Waals surface area contributed by atoms with Crippen LogP contribution >= 0.6 is 0 Å². The third kappa shape index (κ3) is 3.35. The maximum absolute atomic E-state index is 5.71. The van der Waals surface area contributed by atoms with Crippen molar-refractivity contribution in [3.05, 3.63) is 65.0 Å². The fraction of sp³-hybridized carbons (Fsp3) is 0.250. The van der Waals surface area contributed by atoms with E-state index in [1.807, 2.05) is 18.2 Å². The van der Waals surface area contributed by atoms with Gasteiger partial charge < -0.3 is 10.3 Å². The largest absolute Gasteiger partial charge is 0.330 e. The molecule has 3 aromatic rings. The van der Waals surface area contributed by atoms with Gasteiger partial charge in [-0.25, -0.2) is 4.98 Å². The second kappa shape index (κ2) is 6.80. The zero-order chi connectivity index (χ0) is 16.2. The zero-order valence-electron chi connectivity index (χ0n) is 13.8. The van der Waals surface area contributed by atoms with Gasteiger partial charge in [0.25, 0.3) is 0 Å². The Morgan fingerprint density at radius 3 is 2.52 bits per heavy atom. The Labute approximate surface area is 137 Å². The Kier molecular flexibility index (Phi) is 4.58. The number of nitrogens with two attached hydrogens (primary N) is 1. The molecular formula is C20H23N3. The highest BCUT2D eigenvalue weighted by Gasteiger charge is 2.10. The first kappa shape index (κ1) is 15.5. The summed E-state index contributed by atoms with van der Waals surface area (Å²) in [6.45, 7) is 5.86. The second-order valence-corrected chi connectivity index (χ2v) is 5.93. The number of fused-ring (bicyclic) bond motifs is 1. The van der Waals surface area contributed by atoms with Gasteiger partial charge in [-0.15, -0.1) is 0 Å². The zero-order valence-corrected chi connectivity index (χ0v) is 13.8. The first-order valence-corrected chi connectivity index (χ1v) is 8.09. The Morgan fingerprint density at radius 1 is 1.04 bits per heavy atom. The molecule has 0 spiro atoms. The van der Waals surface area contributed by atoms with Crippen molar-refractivity contribution in [2.75, 3.05) is 6.54 Å². The van der Waals surface area contributed by atoms with Crippen LogP contribution in [0.15, 0.2) is 42.5 Å². The molecule has 0 saturated carbocycles. The molecule has 23 heavy (non-hydrogen) atoms. The van der Waals surface area contributed by atoms with Gasteiger partial charge in [-0.2, -0.15) is 0 Å². The lowest BCUT2D eigenvalue weighted by Crippen LogP contribution is -2.07. The van der Waals surface area contributed by atoms with Gasteiger partial charge in [-0.3, -0.25) is 0 Å². The molecule has 1 aromatic heterocycles. The van der Waals surface area contributed by atoms with Crippen molar-refractivity contribution in [3.63, 3.8) is 0 Å². The quantitative estimate of drug-likeness (QED) is 0.768. The maximum atomic E-state index is 5.71. The number of rotatable bonds is 5. The lowest BCUT2D eigenvalue weighted by Gasteiger charge is -2.07. The van der Waals surface area contributed by atoms with Crippen LogP contribution in [0.3, 0.4) is 0 Å². The normalized spacial score (nSPS) is 11.6. The number of nitrogens with zero attached hydrogens (tertiary/aromatic N) is 2. The molecule has 0 amide bonds. The van der Waals surface area contributed by atoms with Crippen molar-refractivity contribution in [3.8, 4) is 0 Å². The standard InChI is InChI=1S/C20H23N3/c1-15-13-18-19(14-16(15)2)23(12-6-11-21)20(22-18)10-9-17-7-4-3-5-8-17/h3-5,7-10,13-14H,6,11-12,21H2,1-2H3/b10-9+. The number of benzene rings is 2. The van der Waals surface area contributed by atoms with Crippen LogP contribution in [0, 0.1) is 13.8 Å². The van der Waals surface area contributed by atoms with Crippen molar-refractivity contribution in [2.45, 2.75) is 26.8 Å². The molecule has 0 bridgehead atoms. The van der Waals surface area contributed by atoms with Crippen LogP contribution in [-0.2, 0) is 6.54 Å². The van der Waals surface area contributed by atoms with E-state index in [1.54, 1.807) is 0 Å². The minimum Gasteiger partial charge on any atom is -0.330 e. The highest BCUT2D eigenvalue weighted by molar-refractivity contribution is 5.81. The summed E-state index contributed by atoms with van der Waals surface area (Å²) in [5.41, 5.74) is 11.7. The van der Waals surface area contributed by atoms with Gasteiger partial charge in [0.15, 0.2) is 0 Å². The smallest absolute Gasteiger partial charge is 0.133 e. The minimum absolute atomic E-state index is 0.687. The molecular weight excluding hydrogens is 282 g/mol. The molecule has 0 atom stereocenters. The van der Waals surface area contributed by atoms with E-state index in [1.165, 1.54) is 22.2 Å².